The zero-order valence-electron chi connectivity index (χ0n) is 14.0. The molecular formula is C18H23N3O2S. The minimum atomic E-state index is -0.580. The van der Waals surface area contributed by atoms with E-state index in [0.29, 0.717) is 24.4 Å². The smallest absolute Gasteiger partial charge is 0.262 e. The van der Waals surface area contributed by atoms with Gasteiger partial charge in [0.2, 0.25) is 5.91 Å². The van der Waals surface area contributed by atoms with Crippen molar-refractivity contribution in [2.24, 2.45) is 0 Å². The third-order valence-electron chi connectivity index (χ3n) is 3.70. The maximum absolute atomic E-state index is 12.7. The zero-order chi connectivity index (χ0) is 17.4. The Morgan fingerprint density at radius 1 is 1.17 bits per heavy atom. The van der Waals surface area contributed by atoms with Gasteiger partial charge in [-0.1, -0.05) is 36.4 Å². The molecule has 2 rings (SSSR count). The van der Waals surface area contributed by atoms with Crippen LogP contribution in [0.2, 0.25) is 0 Å². The lowest BCUT2D eigenvalue weighted by molar-refractivity contribution is -0.131. The number of hydrogen-bond acceptors (Lipinski definition) is 4. The first kappa shape index (κ1) is 18.2. The predicted octanol–water partition coefficient (Wildman–Crippen LogP) is 1.77. The van der Waals surface area contributed by atoms with Crippen LogP contribution in [-0.4, -0.2) is 49.9 Å². The Labute approximate surface area is 146 Å². The number of nitrogens with one attached hydrogen (secondary N) is 2. The standard InChI is InChI=1S/C18H23N3O2S/c1-19-10-11-21(2)18(23)15(13-14-7-4-3-5-8-14)20-17(22)16-9-6-12-24-16/h3-9,12,15,19H,10-11,13H2,1-2H3,(H,20,22). The maximum atomic E-state index is 12.7. The summed E-state index contributed by atoms with van der Waals surface area (Å²) in [4.78, 5) is 27.4. The molecule has 1 heterocycles. The van der Waals surface area contributed by atoms with Crippen LogP contribution in [0.25, 0.3) is 0 Å². The predicted molar refractivity (Wildman–Crippen MR) is 97.3 cm³/mol. The molecule has 1 unspecified atom stereocenters. The lowest BCUT2D eigenvalue weighted by atomic mass is 10.0. The van der Waals surface area contributed by atoms with Gasteiger partial charge in [0.1, 0.15) is 6.04 Å². The van der Waals surface area contributed by atoms with Crippen molar-refractivity contribution in [3.8, 4) is 0 Å². The molecule has 5 nitrogen and oxygen atoms in total. The van der Waals surface area contributed by atoms with Crippen LogP contribution in [0, 0.1) is 0 Å². The highest BCUT2D eigenvalue weighted by Gasteiger charge is 2.24. The number of carbonyl (C=O) groups is 2. The summed E-state index contributed by atoms with van der Waals surface area (Å²) in [5.74, 6) is -0.291. The fourth-order valence-corrected chi connectivity index (χ4v) is 2.97. The van der Waals surface area contributed by atoms with Gasteiger partial charge in [-0.25, -0.2) is 0 Å². The van der Waals surface area contributed by atoms with Crippen molar-refractivity contribution >= 4 is 23.2 Å². The average Bonchev–Trinajstić information content (AvgIpc) is 3.14. The average molecular weight is 345 g/mol. The molecule has 0 aliphatic heterocycles. The largest absolute Gasteiger partial charge is 0.343 e. The van der Waals surface area contributed by atoms with E-state index in [1.165, 1.54) is 11.3 Å². The van der Waals surface area contributed by atoms with Crippen molar-refractivity contribution in [3.63, 3.8) is 0 Å². The van der Waals surface area contributed by atoms with Crippen molar-refractivity contribution < 1.29 is 9.59 Å². The van der Waals surface area contributed by atoms with E-state index in [0.717, 1.165) is 5.56 Å². The van der Waals surface area contributed by atoms with Crippen LogP contribution in [0.1, 0.15) is 15.2 Å². The number of hydrogen-bond donors (Lipinski definition) is 2. The SMILES string of the molecule is CNCCN(C)C(=O)C(Cc1ccccc1)NC(=O)c1cccs1. The third-order valence-corrected chi connectivity index (χ3v) is 4.57. The first-order valence-corrected chi connectivity index (χ1v) is 8.77. The molecule has 2 aromatic rings. The third kappa shape index (κ3) is 5.18. The number of likely N-dealkylation sites (N-methyl/N-ethyl adjacent to an activating group) is 2. The molecule has 1 aromatic heterocycles. The van der Waals surface area contributed by atoms with Crippen molar-refractivity contribution in [1.82, 2.24) is 15.5 Å². The van der Waals surface area contributed by atoms with Gasteiger partial charge in [-0.05, 0) is 24.1 Å². The minimum absolute atomic E-state index is 0.0843. The second-order valence-corrected chi connectivity index (χ2v) is 6.50. The molecule has 2 amide bonds. The zero-order valence-corrected chi connectivity index (χ0v) is 14.8. The van der Waals surface area contributed by atoms with E-state index < -0.39 is 6.04 Å². The molecule has 0 aliphatic rings. The summed E-state index contributed by atoms with van der Waals surface area (Å²) in [6, 6.07) is 12.7. The molecule has 0 fully saturated rings. The fourth-order valence-electron chi connectivity index (χ4n) is 2.34. The molecule has 2 N–H and O–H groups in total. The summed E-state index contributed by atoms with van der Waals surface area (Å²) in [7, 11) is 3.60. The van der Waals surface area contributed by atoms with E-state index in [2.05, 4.69) is 10.6 Å². The lowest BCUT2D eigenvalue weighted by Crippen LogP contribution is -2.49. The van der Waals surface area contributed by atoms with E-state index in [-0.39, 0.29) is 11.8 Å². The molecule has 0 aliphatic carbocycles. The van der Waals surface area contributed by atoms with Crippen molar-refractivity contribution in [2.45, 2.75) is 12.5 Å². The number of benzene rings is 1. The molecule has 0 bridgehead atoms. The highest BCUT2D eigenvalue weighted by Crippen LogP contribution is 2.11. The number of thiophene rings is 1. The van der Waals surface area contributed by atoms with Gasteiger partial charge in [-0.15, -0.1) is 11.3 Å². The number of amides is 2. The van der Waals surface area contributed by atoms with Crippen LogP contribution in [0.15, 0.2) is 47.8 Å². The summed E-state index contributed by atoms with van der Waals surface area (Å²) in [6.45, 7) is 1.30. The second-order valence-electron chi connectivity index (χ2n) is 5.56. The number of carbonyl (C=O) groups excluding carboxylic acids is 2. The Morgan fingerprint density at radius 3 is 2.54 bits per heavy atom. The molecule has 1 aromatic carbocycles. The maximum Gasteiger partial charge on any atom is 0.262 e. The van der Waals surface area contributed by atoms with Crippen LogP contribution in [0.5, 0.6) is 0 Å². The minimum Gasteiger partial charge on any atom is -0.343 e. The lowest BCUT2D eigenvalue weighted by Gasteiger charge is -2.24. The number of nitrogens with zero attached hydrogens (tertiary/aromatic N) is 1. The van der Waals surface area contributed by atoms with E-state index in [1.54, 1.807) is 18.0 Å². The molecule has 6 heteroatoms. The van der Waals surface area contributed by atoms with Gasteiger partial charge < -0.3 is 15.5 Å². The van der Waals surface area contributed by atoms with Gasteiger partial charge in [-0.2, -0.15) is 0 Å². The Morgan fingerprint density at radius 2 is 1.92 bits per heavy atom. The molecular weight excluding hydrogens is 322 g/mol. The Bertz CT molecular complexity index is 644. The second kappa shape index (κ2) is 9.20. The van der Waals surface area contributed by atoms with Gasteiger partial charge in [-0.3, -0.25) is 9.59 Å². The van der Waals surface area contributed by atoms with Crippen molar-refractivity contribution in [2.75, 3.05) is 27.2 Å². The summed E-state index contributed by atoms with van der Waals surface area (Å²) in [5.41, 5.74) is 1.02. The number of rotatable bonds is 8. The highest BCUT2D eigenvalue weighted by atomic mass is 32.1. The molecule has 128 valence electrons. The molecule has 0 spiro atoms. The normalized spacial score (nSPS) is 11.8. The topological polar surface area (TPSA) is 61.4 Å². The van der Waals surface area contributed by atoms with Crippen LogP contribution < -0.4 is 10.6 Å². The first-order valence-electron chi connectivity index (χ1n) is 7.89. The Hall–Kier alpha value is -2.18. The van der Waals surface area contributed by atoms with Crippen molar-refractivity contribution in [3.05, 3.63) is 58.3 Å². The molecule has 1 atom stereocenters. The monoisotopic (exact) mass is 345 g/mol. The Kier molecular flexibility index (Phi) is 6.96. The Balaban J connectivity index is 2.11. The van der Waals surface area contributed by atoms with Crippen LogP contribution in [0.4, 0.5) is 0 Å². The van der Waals surface area contributed by atoms with E-state index >= 15 is 0 Å². The van der Waals surface area contributed by atoms with Crippen LogP contribution in [0.3, 0.4) is 0 Å². The van der Waals surface area contributed by atoms with Crippen LogP contribution >= 0.6 is 11.3 Å². The molecule has 0 saturated heterocycles. The first-order chi connectivity index (χ1) is 11.6. The van der Waals surface area contributed by atoms with Crippen molar-refractivity contribution in [1.29, 1.82) is 0 Å². The van der Waals surface area contributed by atoms with E-state index in [4.69, 9.17) is 0 Å². The molecule has 0 saturated carbocycles. The summed E-state index contributed by atoms with van der Waals surface area (Å²) in [6.07, 6.45) is 0.473. The van der Waals surface area contributed by atoms with E-state index in [1.807, 2.05) is 48.8 Å². The summed E-state index contributed by atoms with van der Waals surface area (Å²) >= 11 is 1.37. The van der Waals surface area contributed by atoms with Gasteiger partial charge in [0.15, 0.2) is 0 Å². The summed E-state index contributed by atoms with van der Waals surface area (Å²) < 4.78 is 0. The quantitative estimate of drug-likeness (QED) is 0.766. The fraction of sp³-hybridized carbons (Fsp3) is 0.333. The van der Waals surface area contributed by atoms with Crippen LogP contribution in [-0.2, 0) is 11.2 Å². The summed E-state index contributed by atoms with van der Waals surface area (Å²) in [5, 5.41) is 7.76. The van der Waals surface area contributed by atoms with Gasteiger partial charge in [0.05, 0.1) is 4.88 Å². The molecule has 24 heavy (non-hydrogen) atoms. The van der Waals surface area contributed by atoms with E-state index in [9.17, 15) is 9.59 Å². The van der Waals surface area contributed by atoms with Gasteiger partial charge >= 0.3 is 0 Å². The molecule has 0 radical (unpaired) electrons. The highest BCUT2D eigenvalue weighted by molar-refractivity contribution is 7.12. The van der Waals surface area contributed by atoms with Gasteiger partial charge in [0.25, 0.3) is 5.91 Å². The van der Waals surface area contributed by atoms with Gasteiger partial charge in [0, 0.05) is 26.6 Å².